The molecule has 1 heteroatoms. The van der Waals surface area contributed by atoms with Gasteiger partial charge in [-0.05, 0) is 132 Å². The molecule has 310 valence electrons. The van der Waals surface area contributed by atoms with Crippen molar-refractivity contribution in [1.82, 2.24) is 0 Å². The Morgan fingerprint density at radius 2 is 0.727 bits per heavy atom. The summed E-state index contributed by atoms with van der Waals surface area (Å²) in [5.41, 5.74) is 22.3. The van der Waals surface area contributed by atoms with E-state index in [0.717, 1.165) is 22.6 Å². The lowest BCUT2D eigenvalue weighted by Crippen LogP contribution is -2.29. The minimum atomic E-state index is -0.538. The van der Waals surface area contributed by atoms with Gasteiger partial charge in [0.1, 0.15) is 0 Å². The van der Waals surface area contributed by atoms with Crippen molar-refractivity contribution in [3.05, 3.63) is 304 Å². The first kappa shape index (κ1) is 38.3. The summed E-state index contributed by atoms with van der Waals surface area (Å²) in [6, 6.07) is 95.0. The Bertz CT molecular complexity index is 3420. The second kappa shape index (κ2) is 14.4. The van der Waals surface area contributed by atoms with Gasteiger partial charge in [-0.3, -0.25) is 0 Å². The molecule has 0 N–H and O–H groups in total. The highest BCUT2D eigenvalue weighted by atomic mass is 15.1. The van der Waals surface area contributed by atoms with E-state index in [9.17, 15) is 0 Å². The smallest absolute Gasteiger partial charge is 0.0714 e. The molecule has 3 aliphatic rings. The van der Waals surface area contributed by atoms with Crippen molar-refractivity contribution < 1.29 is 0 Å². The molecule has 0 saturated carbocycles. The monoisotopic (exact) mass is 839 g/mol. The molecule has 0 radical (unpaired) electrons. The second-order valence-electron chi connectivity index (χ2n) is 18.6. The molecule has 10 aromatic rings. The van der Waals surface area contributed by atoms with Crippen LogP contribution in [0.1, 0.15) is 69.5 Å². The summed E-state index contributed by atoms with van der Waals surface area (Å²) in [6.07, 6.45) is 0. The Labute approximate surface area is 388 Å². The van der Waals surface area contributed by atoms with Gasteiger partial charge in [-0.1, -0.05) is 214 Å². The minimum absolute atomic E-state index is 0.153. The van der Waals surface area contributed by atoms with Crippen LogP contribution in [0.3, 0.4) is 0 Å². The first-order chi connectivity index (χ1) is 32.5. The van der Waals surface area contributed by atoms with Crippen molar-refractivity contribution in [3.63, 3.8) is 0 Å². The molecule has 0 aromatic heterocycles. The molecule has 1 nitrogen and oxygen atoms in total. The number of nitrogens with zero attached hydrogens (tertiary/aromatic N) is 1. The van der Waals surface area contributed by atoms with Gasteiger partial charge in [-0.2, -0.15) is 0 Å². The summed E-state index contributed by atoms with van der Waals surface area (Å²) in [5.74, 6) is 0. The molecule has 0 amide bonds. The van der Waals surface area contributed by atoms with Crippen LogP contribution in [0, 0.1) is 12.1 Å². The first-order valence-electron chi connectivity index (χ1n) is 23.1. The van der Waals surface area contributed by atoms with Crippen molar-refractivity contribution in [1.29, 1.82) is 0 Å². The van der Waals surface area contributed by atoms with Crippen LogP contribution in [0.4, 0.5) is 17.1 Å². The molecule has 0 fully saturated rings. The van der Waals surface area contributed by atoms with Gasteiger partial charge in [0.25, 0.3) is 0 Å². The van der Waals surface area contributed by atoms with E-state index >= 15 is 0 Å². The predicted molar refractivity (Wildman–Crippen MR) is 271 cm³/mol. The van der Waals surface area contributed by atoms with Crippen LogP contribution in [-0.2, 0) is 16.2 Å². The van der Waals surface area contributed by atoms with Gasteiger partial charge in [-0.25, -0.2) is 0 Å². The highest BCUT2D eigenvalue weighted by molar-refractivity contribution is 5.94. The quantitative estimate of drug-likeness (QED) is 0.155. The molecule has 0 spiro atoms. The molecule has 0 heterocycles. The van der Waals surface area contributed by atoms with Crippen LogP contribution in [0.2, 0.25) is 0 Å². The molecular weight excluding hydrogens is 795 g/mol. The molecule has 0 aliphatic heterocycles. The largest absolute Gasteiger partial charge is 0.310 e. The fourth-order valence-electron chi connectivity index (χ4n) is 12.3. The zero-order chi connectivity index (χ0) is 44.0. The normalized spacial score (nSPS) is 14.8. The van der Waals surface area contributed by atoms with Gasteiger partial charge in [0.05, 0.1) is 10.8 Å². The van der Waals surface area contributed by atoms with Crippen LogP contribution in [0.25, 0.3) is 33.4 Å². The van der Waals surface area contributed by atoms with Gasteiger partial charge in [-0.15, -0.1) is 0 Å². The summed E-state index contributed by atoms with van der Waals surface area (Å²) in [6.45, 7) is 4.66. The molecule has 0 atom stereocenters. The second-order valence-corrected chi connectivity index (χ2v) is 18.6. The van der Waals surface area contributed by atoms with Gasteiger partial charge >= 0.3 is 0 Å². The van der Waals surface area contributed by atoms with E-state index < -0.39 is 10.8 Å². The van der Waals surface area contributed by atoms with Gasteiger partial charge in [0.2, 0.25) is 0 Å². The maximum Gasteiger partial charge on any atom is 0.0714 e. The SMILES string of the molecule is CC1(C)c2ccc#cc2-c2cc(N(c3ccc4c(c3)-c3ccccc3C4(c3ccccc3)c3ccccc3)c3ccc4c(c3)C(c3ccccc3)(c3ccccc3)c3ccccc3-4)ccc21. The number of hydrogen-bond donors (Lipinski definition) is 0. The number of hydrogen-bond acceptors (Lipinski definition) is 1. The average Bonchev–Trinajstić information content (AvgIpc) is 3.94. The third-order valence-corrected chi connectivity index (χ3v) is 15.1. The summed E-state index contributed by atoms with van der Waals surface area (Å²) in [7, 11) is 0. The van der Waals surface area contributed by atoms with E-state index in [4.69, 9.17) is 0 Å². The maximum absolute atomic E-state index is 3.54. The Kier molecular flexibility index (Phi) is 8.36. The maximum atomic E-state index is 3.54. The molecule has 0 saturated heterocycles. The van der Waals surface area contributed by atoms with E-state index in [1.54, 1.807) is 0 Å². The average molecular weight is 840 g/mol. The van der Waals surface area contributed by atoms with Gasteiger partial charge in [0.15, 0.2) is 0 Å². The van der Waals surface area contributed by atoms with E-state index in [-0.39, 0.29) is 5.41 Å². The minimum Gasteiger partial charge on any atom is -0.310 e. The summed E-state index contributed by atoms with van der Waals surface area (Å²) in [4.78, 5) is 2.50. The predicted octanol–water partition coefficient (Wildman–Crippen LogP) is 15.8. The fraction of sp³-hybridized carbons (Fsp3) is 0.0769. The van der Waals surface area contributed by atoms with Gasteiger partial charge in [0, 0.05) is 28.0 Å². The lowest BCUT2D eigenvalue weighted by Gasteiger charge is -2.35. The standard InChI is InChI=1S/C65H45N/c1-63(2)57-32-18-15-30-52(57)55-41-48(36-39-58(55)63)66(49-37-40-61-56(42-49)53-31-17-20-34-60(53)64(61,44-21-7-3-8-22-44)45-23-9-4-10-24-45)50-35-38-54-51-29-16-19-33-59(51)65(62(54)43-50,46-25-11-5-12-26-46)47-27-13-6-14-28-47/h3-14,16-29,31-43H,1-2H3. The molecule has 13 rings (SSSR count). The first-order valence-corrected chi connectivity index (χ1v) is 23.1. The lowest BCUT2D eigenvalue weighted by atomic mass is 9.67. The Morgan fingerprint density at radius 1 is 0.318 bits per heavy atom. The van der Waals surface area contributed by atoms with Crippen LogP contribution < -0.4 is 4.90 Å². The van der Waals surface area contributed by atoms with Crippen LogP contribution in [0.15, 0.2) is 237 Å². The summed E-state index contributed by atoms with van der Waals surface area (Å²) < 4.78 is 0. The van der Waals surface area contributed by atoms with Gasteiger partial charge < -0.3 is 4.90 Å². The van der Waals surface area contributed by atoms with Crippen molar-refractivity contribution in [2.75, 3.05) is 4.90 Å². The van der Waals surface area contributed by atoms with Crippen molar-refractivity contribution >= 4 is 17.1 Å². The molecule has 66 heavy (non-hydrogen) atoms. The number of rotatable bonds is 7. The van der Waals surface area contributed by atoms with E-state index in [2.05, 4.69) is 261 Å². The zero-order valence-corrected chi connectivity index (χ0v) is 37.0. The molecule has 0 unspecified atom stereocenters. The molecule has 10 aromatic carbocycles. The molecular formula is C65H45N. The molecule has 0 bridgehead atoms. The van der Waals surface area contributed by atoms with E-state index in [1.165, 1.54) is 83.5 Å². The Morgan fingerprint density at radius 3 is 1.29 bits per heavy atom. The number of fused-ring (bicyclic) bond motifs is 9. The van der Waals surface area contributed by atoms with Crippen molar-refractivity contribution in [3.8, 4) is 33.4 Å². The van der Waals surface area contributed by atoms with Crippen molar-refractivity contribution in [2.45, 2.75) is 30.1 Å². The zero-order valence-electron chi connectivity index (χ0n) is 37.0. The van der Waals surface area contributed by atoms with Crippen LogP contribution in [0.5, 0.6) is 0 Å². The van der Waals surface area contributed by atoms with Crippen LogP contribution in [-0.4, -0.2) is 0 Å². The summed E-state index contributed by atoms with van der Waals surface area (Å²) in [5, 5.41) is 0. The third-order valence-electron chi connectivity index (χ3n) is 15.1. The highest BCUT2D eigenvalue weighted by Gasteiger charge is 2.48. The Hall–Kier alpha value is -8.18. The lowest BCUT2D eigenvalue weighted by molar-refractivity contribution is 0.660. The molecule has 3 aliphatic carbocycles. The number of anilines is 3. The van der Waals surface area contributed by atoms with E-state index in [0.29, 0.717) is 0 Å². The van der Waals surface area contributed by atoms with E-state index in [1.807, 2.05) is 6.07 Å². The third kappa shape index (κ3) is 5.19. The van der Waals surface area contributed by atoms with Crippen LogP contribution >= 0.6 is 0 Å². The Balaban J connectivity index is 1.09. The highest BCUT2D eigenvalue weighted by Crippen LogP contribution is 2.60. The summed E-state index contributed by atoms with van der Waals surface area (Å²) >= 11 is 0. The van der Waals surface area contributed by atoms with Crippen molar-refractivity contribution in [2.24, 2.45) is 0 Å². The number of benzene rings is 9. The fourth-order valence-corrected chi connectivity index (χ4v) is 12.3. The topological polar surface area (TPSA) is 3.24 Å².